The Labute approximate surface area is 370 Å². The molecule has 62 heavy (non-hydrogen) atoms. The fourth-order valence-electron chi connectivity index (χ4n) is 9.16. The number of benzene rings is 1. The van der Waals surface area contributed by atoms with Gasteiger partial charge in [-0.05, 0) is 117 Å². The second kappa shape index (κ2) is 22.0. The van der Waals surface area contributed by atoms with Crippen LogP contribution in [0.5, 0.6) is 5.75 Å². The number of hydrogen-bond donors (Lipinski definition) is 4. The number of aromatic nitrogens is 3. The molecule has 0 amide bonds. The van der Waals surface area contributed by atoms with Gasteiger partial charge in [0.2, 0.25) is 0 Å². The summed E-state index contributed by atoms with van der Waals surface area (Å²) in [7, 11) is 0.465. The third-order valence-electron chi connectivity index (χ3n) is 13.0. The van der Waals surface area contributed by atoms with E-state index in [-0.39, 0.29) is 28.9 Å². The Hall–Kier alpha value is -2.74. The molecule has 4 rings (SSSR count). The van der Waals surface area contributed by atoms with Crippen LogP contribution < -0.4 is 4.74 Å². The number of aliphatic hydroxyl groups is 4. The van der Waals surface area contributed by atoms with Crippen LogP contribution in [0.15, 0.2) is 35.4 Å². The largest absolute Gasteiger partial charge is 0.494 e. The average molecular weight is 896 g/mol. The van der Waals surface area contributed by atoms with E-state index in [9.17, 15) is 33.6 Å². The Bertz CT molecular complexity index is 1810. The van der Waals surface area contributed by atoms with E-state index in [1.165, 1.54) is 6.92 Å². The van der Waals surface area contributed by atoms with Crippen molar-refractivity contribution < 1.29 is 52.6 Å². The van der Waals surface area contributed by atoms with E-state index in [1.807, 2.05) is 52.9 Å². The molecule has 1 aromatic heterocycles. The first-order valence-corrected chi connectivity index (χ1v) is 24.0. The highest BCUT2D eigenvalue weighted by Crippen LogP contribution is 2.36. The summed E-state index contributed by atoms with van der Waals surface area (Å²) < 4.78 is 51.2. The summed E-state index contributed by atoms with van der Waals surface area (Å²) in [4.78, 5) is 17.8. The molecule has 354 valence electrons. The number of aliphatic hydroxyl groups excluding tert-OH is 2. The van der Waals surface area contributed by atoms with Gasteiger partial charge in [0.1, 0.15) is 29.7 Å². The number of rotatable bonds is 14. The van der Waals surface area contributed by atoms with Crippen molar-refractivity contribution in [3.05, 3.63) is 36.2 Å². The number of hydrogen-bond acceptors (Lipinski definition) is 15. The Morgan fingerprint density at radius 3 is 2.34 bits per heavy atom. The third-order valence-corrected chi connectivity index (χ3v) is 15.2. The topological polar surface area (TPSA) is 206 Å². The molecule has 2 fully saturated rings. The highest BCUT2D eigenvalue weighted by molar-refractivity contribution is 7.92. The maximum atomic E-state index is 13.5. The summed E-state index contributed by atoms with van der Waals surface area (Å²) in [5.41, 5.74) is -2.31. The zero-order valence-electron chi connectivity index (χ0n) is 39.2. The summed E-state index contributed by atoms with van der Waals surface area (Å²) in [6, 6.07) is 5.65. The lowest BCUT2D eigenvalue weighted by molar-refractivity contribution is -0.296. The van der Waals surface area contributed by atoms with Gasteiger partial charge in [0.05, 0.1) is 46.2 Å². The second-order valence-corrected chi connectivity index (χ2v) is 21.6. The minimum absolute atomic E-state index is 0.0704. The summed E-state index contributed by atoms with van der Waals surface area (Å²) >= 11 is 0. The number of aryl methyl sites for hydroxylation is 1. The van der Waals surface area contributed by atoms with Crippen molar-refractivity contribution in [2.75, 3.05) is 33.8 Å². The molecule has 17 heteroatoms. The lowest BCUT2D eigenvalue weighted by Gasteiger charge is -2.46. The van der Waals surface area contributed by atoms with Crippen molar-refractivity contribution >= 4 is 15.8 Å². The molecule has 0 bridgehead atoms. The van der Waals surface area contributed by atoms with Gasteiger partial charge in [0.25, 0.3) is 0 Å². The summed E-state index contributed by atoms with van der Waals surface area (Å²) in [5.74, 6) is -0.997. The highest BCUT2D eigenvalue weighted by Gasteiger charge is 2.48. The molecular weight excluding hydrogens is 819 g/mol. The maximum absolute atomic E-state index is 13.5. The van der Waals surface area contributed by atoms with Crippen LogP contribution in [-0.2, 0) is 41.8 Å². The number of ether oxygens (including phenoxy) is 4. The maximum Gasteiger partial charge on any atom is 0.309 e. The summed E-state index contributed by atoms with van der Waals surface area (Å²) in [5, 5.41) is 55.1. The molecule has 0 radical (unpaired) electrons. The fourth-order valence-corrected chi connectivity index (χ4v) is 10.2. The van der Waals surface area contributed by atoms with E-state index in [1.54, 1.807) is 63.6 Å². The Morgan fingerprint density at radius 2 is 1.71 bits per heavy atom. The van der Waals surface area contributed by atoms with Gasteiger partial charge in [-0.2, -0.15) is 0 Å². The zero-order chi connectivity index (χ0) is 46.3. The Balaban J connectivity index is 1.39. The first kappa shape index (κ1) is 51.9. The molecule has 2 saturated heterocycles. The third kappa shape index (κ3) is 13.2. The van der Waals surface area contributed by atoms with Crippen LogP contribution in [0.2, 0.25) is 0 Å². The minimum atomic E-state index is -3.34. The highest BCUT2D eigenvalue weighted by atomic mass is 32.2. The molecule has 0 aliphatic carbocycles. The van der Waals surface area contributed by atoms with Crippen molar-refractivity contribution in [3.8, 4) is 5.75 Å². The second-order valence-electron chi connectivity index (χ2n) is 19.1. The van der Waals surface area contributed by atoms with Crippen LogP contribution in [0.25, 0.3) is 0 Å². The first-order valence-electron chi connectivity index (χ1n) is 22.5. The van der Waals surface area contributed by atoms with Gasteiger partial charge in [0.15, 0.2) is 16.1 Å². The van der Waals surface area contributed by atoms with Crippen LogP contribution >= 0.6 is 0 Å². The summed E-state index contributed by atoms with van der Waals surface area (Å²) in [6.45, 7) is 19.9. The molecular formula is C45H77N5O11S. The molecule has 0 saturated carbocycles. The molecule has 3 heterocycles. The van der Waals surface area contributed by atoms with Crippen LogP contribution in [0.3, 0.4) is 0 Å². The number of nitrogens with zero attached hydrogens (tertiary/aromatic N) is 5. The van der Waals surface area contributed by atoms with Gasteiger partial charge in [-0.15, -0.1) is 5.10 Å². The Kier molecular flexibility index (Phi) is 18.4. The van der Waals surface area contributed by atoms with E-state index in [2.05, 4.69) is 15.2 Å². The number of cyclic esters (lactones) is 1. The standard InChI is InChI=1S/C45H77N5O11S/c1-13-38-45(10,55)40(52)33(8)49(12)26-29(4)25-44(9,54)41(30(5)23-31(6)42(53)60-38)61-43-39(51)37(24-32(7)59-43)48(11)21-19-34-27-50(47-46-34)20-14-22-58-35-15-17-36(18-16-35)62(56,57)28(2)3/h15-18,27-33,37-41,43,51-52,54-55H,13-14,19-26H2,1-12H3/t29-,30+,31-,32-,33-,37+,38-,39-,40-,41-,43+,44-,45-/m1/s1. The van der Waals surface area contributed by atoms with E-state index < -0.39 is 74.9 Å². The van der Waals surface area contributed by atoms with Crippen molar-refractivity contribution in [2.24, 2.45) is 17.8 Å². The van der Waals surface area contributed by atoms with Gasteiger partial charge in [-0.3, -0.25) is 9.48 Å². The zero-order valence-corrected chi connectivity index (χ0v) is 40.0. The van der Waals surface area contributed by atoms with E-state index in [4.69, 9.17) is 18.9 Å². The van der Waals surface area contributed by atoms with Crippen LogP contribution in [0.4, 0.5) is 0 Å². The number of sulfone groups is 1. The SMILES string of the molecule is CC[C@H]1OC(=O)[C@H](C)C[C@H](C)[C@@H](O[C@@H]2O[C@H](C)C[C@H](N(C)CCc3cn(CCCOc4ccc(S(=O)(=O)C(C)C)cc4)nn3)[C@H]2O)[C@](C)(O)C[C@@H](C)CN(C)[C@H](C)[C@@H](O)[C@]1(C)O. The first-order chi connectivity index (χ1) is 28.9. The van der Waals surface area contributed by atoms with E-state index in [0.29, 0.717) is 70.5 Å². The van der Waals surface area contributed by atoms with Gasteiger partial charge in [0, 0.05) is 50.8 Å². The quantitative estimate of drug-likeness (QED) is 0.157. The molecule has 13 atom stereocenters. The molecule has 4 N–H and O–H groups in total. The number of carbonyl (C=O) groups excluding carboxylic acids is 1. The van der Waals surface area contributed by atoms with E-state index >= 15 is 0 Å². The predicted molar refractivity (Wildman–Crippen MR) is 235 cm³/mol. The van der Waals surface area contributed by atoms with Crippen molar-refractivity contribution in [1.29, 1.82) is 0 Å². The van der Waals surface area contributed by atoms with Crippen LogP contribution in [0.1, 0.15) is 107 Å². The van der Waals surface area contributed by atoms with Crippen molar-refractivity contribution in [2.45, 2.75) is 185 Å². The predicted octanol–water partition coefficient (Wildman–Crippen LogP) is 3.86. The van der Waals surface area contributed by atoms with Gasteiger partial charge < -0.3 is 49.2 Å². The van der Waals surface area contributed by atoms with E-state index in [0.717, 1.165) is 5.69 Å². The Morgan fingerprint density at radius 1 is 1.05 bits per heavy atom. The smallest absolute Gasteiger partial charge is 0.309 e. The monoisotopic (exact) mass is 896 g/mol. The van der Waals surface area contributed by atoms with Crippen molar-refractivity contribution in [3.63, 3.8) is 0 Å². The van der Waals surface area contributed by atoms with Crippen LogP contribution in [0, 0.1) is 17.8 Å². The number of likely N-dealkylation sites (N-methyl/N-ethyl adjacent to an activating group) is 2. The molecule has 2 aromatic rings. The molecule has 0 unspecified atom stereocenters. The van der Waals surface area contributed by atoms with Gasteiger partial charge in [-0.1, -0.05) is 32.9 Å². The van der Waals surface area contributed by atoms with Crippen LogP contribution in [-0.4, -0.2) is 159 Å². The molecule has 0 spiro atoms. The van der Waals surface area contributed by atoms with Gasteiger partial charge in [-0.25, -0.2) is 8.42 Å². The minimum Gasteiger partial charge on any atom is -0.494 e. The summed E-state index contributed by atoms with van der Waals surface area (Å²) in [6.07, 6.45) is -0.745. The molecule has 1 aromatic carbocycles. The lowest BCUT2D eigenvalue weighted by atomic mass is 9.79. The molecule has 16 nitrogen and oxygen atoms in total. The molecule has 2 aliphatic heterocycles. The van der Waals surface area contributed by atoms with Crippen molar-refractivity contribution in [1.82, 2.24) is 24.8 Å². The number of esters is 1. The lowest BCUT2D eigenvalue weighted by Crippen LogP contribution is -2.59. The average Bonchev–Trinajstić information content (AvgIpc) is 3.66. The van der Waals surface area contributed by atoms with Gasteiger partial charge >= 0.3 is 5.97 Å². The molecule has 2 aliphatic rings. The fraction of sp³-hybridized carbons (Fsp3) is 0.800. The number of carbonyl (C=O) groups is 1. The normalized spacial score (nSPS) is 35.1.